The van der Waals surface area contributed by atoms with Crippen LogP contribution in [0.5, 0.6) is 0 Å². The molecule has 2 N–H and O–H groups in total. The van der Waals surface area contributed by atoms with E-state index in [2.05, 4.69) is 20.8 Å². The first-order valence-corrected chi connectivity index (χ1v) is 7.64. The molecule has 7 nitrogen and oxygen atoms in total. The number of nitrogens with zero attached hydrogens (tertiary/aromatic N) is 2. The number of nitrogens with one attached hydrogen (secondary N) is 2. The average molecular weight is 349 g/mol. The molecule has 1 aromatic heterocycles. The van der Waals surface area contributed by atoms with Gasteiger partial charge in [0.2, 0.25) is 0 Å². The summed E-state index contributed by atoms with van der Waals surface area (Å²) in [6, 6.07) is 6.67. The normalized spacial score (nSPS) is 10.2. The standard InChI is InChI=1S/C16H17ClN4O3/c1-4-24-16(23)10-6-5-7-11(9(10)2)19-12-8-13(17)20-21-14(12)15(22)18-3/h5-8H,4H2,1-3H3,(H,18,22)(H,19,20). The van der Waals surface area contributed by atoms with Gasteiger partial charge in [0.25, 0.3) is 5.91 Å². The number of hydrogen-bond donors (Lipinski definition) is 2. The van der Waals surface area contributed by atoms with Crippen molar-refractivity contribution in [2.45, 2.75) is 13.8 Å². The zero-order valence-electron chi connectivity index (χ0n) is 13.5. The molecule has 0 radical (unpaired) electrons. The van der Waals surface area contributed by atoms with Gasteiger partial charge in [0.05, 0.1) is 17.9 Å². The fourth-order valence-electron chi connectivity index (χ4n) is 2.10. The second-order valence-electron chi connectivity index (χ2n) is 4.83. The lowest BCUT2D eigenvalue weighted by Crippen LogP contribution is -2.21. The number of ether oxygens (including phenoxy) is 1. The van der Waals surface area contributed by atoms with Crippen molar-refractivity contribution in [3.05, 3.63) is 46.2 Å². The molecule has 126 valence electrons. The van der Waals surface area contributed by atoms with Gasteiger partial charge < -0.3 is 15.4 Å². The van der Waals surface area contributed by atoms with Crippen LogP contribution >= 0.6 is 11.6 Å². The maximum absolute atomic E-state index is 12.0. The Kier molecular flexibility index (Phi) is 5.70. The summed E-state index contributed by atoms with van der Waals surface area (Å²) in [6.45, 7) is 3.82. The zero-order chi connectivity index (χ0) is 17.7. The predicted octanol–water partition coefficient (Wildman–Crippen LogP) is 2.72. The smallest absolute Gasteiger partial charge is 0.338 e. The molecule has 0 bridgehead atoms. The molecule has 0 fully saturated rings. The monoisotopic (exact) mass is 348 g/mol. The molecule has 0 atom stereocenters. The quantitative estimate of drug-likeness (QED) is 0.807. The Bertz CT molecular complexity index is 780. The lowest BCUT2D eigenvalue weighted by Gasteiger charge is -2.14. The summed E-state index contributed by atoms with van der Waals surface area (Å²) in [5.41, 5.74) is 2.25. The van der Waals surface area contributed by atoms with Crippen molar-refractivity contribution in [2.75, 3.05) is 19.0 Å². The van der Waals surface area contributed by atoms with Crippen LogP contribution in [-0.4, -0.2) is 35.7 Å². The van der Waals surface area contributed by atoms with Gasteiger partial charge in [-0.25, -0.2) is 4.79 Å². The van der Waals surface area contributed by atoms with E-state index in [0.29, 0.717) is 29.1 Å². The molecule has 2 rings (SSSR count). The average Bonchev–Trinajstić information content (AvgIpc) is 2.56. The summed E-state index contributed by atoms with van der Waals surface area (Å²) in [5.74, 6) is -0.808. The van der Waals surface area contributed by atoms with Gasteiger partial charge in [-0.05, 0) is 31.5 Å². The highest BCUT2D eigenvalue weighted by Crippen LogP contribution is 2.26. The minimum Gasteiger partial charge on any atom is -0.462 e. The maximum atomic E-state index is 12.0. The summed E-state index contributed by atoms with van der Waals surface area (Å²) in [4.78, 5) is 23.9. The first-order valence-electron chi connectivity index (χ1n) is 7.27. The number of benzene rings is 1. The first-order chi connectivity index (χ1) is 11.5. The third-order valence-electron chi connectivity index (χ3n) is 3.30. The fourth-order valence-corrected chi connectivity index (χ4v) is 2.24. The van der Waals surface area contributed by atoms with Crippen molar-refractivity contribution >= 4 is 34.9 Å². The van der Waals surface area contributed by atoms with Crippen molar-refractivity contribution in [2.24, 2.45) is 0 Å². The Morgan fingerprint density at radius 3 is 2.67 bits per heavy atom. The van der Waals surface area contributed by atoms with Crippen LogP contribution in [0.1, 0.15) is 33.3 Å². The molecule has 0 spiro atoms. The Morgan fingerprint density at radius 2 is 2.00 bits per heavy atom. The first kappa shape index (κ1) is 17.7. The van der Waals surface area contributed by atoms with Gasteiger partial charge in [-0.1, -0.05) is 17.7 Å². The molecule has 1 amide bonds. The minimum atomic E-state index is -0.406. The Hall–Kier alpha value is -2.67. The molecular formula is C16H17ClN4O3. The minimum absolute atomic E-state index is 0.0998. The van der Waals surface area contributed by atoms with Crippen molar-refractivity contribution in [1.29, 1.82) is 0 Å². The van der Waals surface area contributed by atoms with Gasteiger partial charge in [-0.2, -0.15) is 0 Å². The maximum Gasteiger partial charge on any atom is 0.338 e. The van der Waals surface area contributed by atoms with E-state index in [0.717, 1.165) is 0 Å². The molecule has 0 saturated carbocycles. The van der Waals surface area contributed by atoms with E-state index in [-0.39, 0.29) is 10.8 Å². The second-order valence-corrected chi connectivity index (χ2v) is 5.22. The topological polar surface area (TPSA) is 93.2 Å². The molecular weight excluding hydrogens is 332 g/mol. The Labute approximate surface area is 144 Å². The second kappa shape index (κ2) is 7.74. The molecule has 24 heavy (non-hydrogen) atoms. The number of anilines is 2. The number of hydrogen-bond acceptors (Lipinski definition) is 6. The van der Waals surface area contributed by atoms with Crippen molar-refractivity contribution < 1.29 is 14.3 Å². The number of aromatic nitrogens is 2. The van der Waals surface area contributed by atoms with E-state index < -0.39 is 11.9 Å². The summed E-state index contributed by atoms with van der Waals surface area (Å²) in [6.07, 6.45) is 0. The highest BCUT2D eigenvalue weighted by atomic mass is 35.5. The molecule has 1 heterocycles. The molecule has 0 unspecified atom stereocenters. The van der Waals surface area contributed by atoms with Gasteiger partial charge in [0.1, 0.15) is 0 Å². The van der Waals surface area contributed by atoms with E-state index in [1.807, 2.05) is 0 Å². The summed E-state index contributed by atoms with van der Waals surface area (Å²) < 4.78 is 5.04. The molecule has 0 aliphatic carbocycles. The van der Waals surface area contributed by atoms with Gasteiger partial charge in [0, 0.05) is 18.8 Å². The van der Waals surface area contributed by atoms with Crippen molar-refractivity contribution in [3.63, 3.8) is 0 Å². The third kappa shape index (κ3) is 3.80. The van der Waals surface area contributed by atoms with Crippen molar-refractivity contribution in [3.8, 4) is 0 Å². The molecule has 0 aliphatic heterocycles. The summed E-state index contributed by atoms with van der Waals surface area (Å²) in [7, 11) is 1.50. The SMILES string of the molecule is CCOC(=O)c1cccc(Nc2cc(Cl)nnc2C(=O)NC)c1C. The van der Waals surface area contributed by atoms with E-state index in [1.54, 1.807) is 32.0 Å². The van der Waals surface area contributed by atoms with Crippen LogP contribution in [0.15, 0.2) is 24.3 Å². The molecule has 2 aromatic rings. The largest absolute Gasteiger partial charge is 0.462 e. The highest BCUT2D eigenvalue weighted by molar-refractivity contribution is 6.29. The molecule has 0 saturated heterocycles. The van der Waals surface area contributed by atoms with Crippen LogP contribution < -0.4 is 10.6 Å². The predicted molar refractivity (Wildman–Crippen MR) is 90.9 cm³/mol. The summed E-state index contributed by atoms with van der Waals surface area (Å²) >= 11 is 5.87. The van der Waals surface area contributed by atoms with E-state index in [1.165, 1.54) is 13.1 Å². The van der Waals surface area contributed by atoms with Crippen LogP contribution in [0.3, 0.4) is 0 Å². The Morgan fingerprint density at radius 1 is 1.25 bits per heavy atom. The lowest BCUT2D eigenvalue weighted by molar-refractivity contribution is 0.0525. The molecule has 0 aliphatic rings. The molecule has 8 heteroatoms. The highest BCUT2D eigenvalue weighted by Gasteiger charge is 2.17. The Balaban J connectivity index is 2.42. The van der Waals surface area contributed by atoms with E-state index >= 15 is 0 Å². The van der Waals surface area contributed by atoms with Crippen molar-refractivity contribution in [1.82, 2.24) is 15.5 Å². The van der Waals surface area contributed by atoms with E-state index in [9.17, 15) is 9.59 Å². The fraction of sp³-hybridized carbons (Fsp3) is 0.250. The van der Waals surface area contributed by atoms with Crippen LogP contribution in [0.2, 0.25) is 5.15 Å². The number of amides is 1. The van der Waals surface area contributed by atoms with Crippen LogP contribution in [0, 0.1) is 6.92 Å². The van der Waals surface area contributed by atoms with Crippen LogP contribution in [-0.2, 0) is 4.74 Å². The van der Waals surface area contributed by atoms with Gasteiger partial charge >= 0.3 is 5.97 Å². The zero-order valence-corrected chi connectivity index (χ0v) is 14.3. The lowest BCUT2D eigenvalue weighted by atomic mass is 10.1. The third-order valence-corrected chi connectivity index (χ3v) is 3.49. The number of rotatable bonds is 5. The van der Waals surface area contributed by atoms with Crippen LogP contribution in [0.4, 0.5) is 11.4 Å². The van der Waals surface area contributed by atoms with E-state index in [4.69, 9.17) is 16.3 Å². The summed E-state index contributed by atoms with van der Waals surface area (Å²) in [5, 5.41) is 13.2. The number of carbonyl (C=O) groups excluding carboxylic acids is 2. The molecule has 1 aromatic carbocycles. The van der Waals surface area contributed by atoms with Gasteiger partial charge in [-0.3, -0.25) is 4.79 Å². The number of esters is 1. The number of halogens is 1. The van der Waals surface area contributed by atoms with Crippen LogP contribution in [0.25, 0.3) is 0 Å². The van der Waals surface area contributed by atoms with Gasteiger partial charge in [-0.15, -0.1) is 10.2 Å². The number of carbonyl (C=O) groups is 2. The van der Waals surface area contributed by atoms with Gasteiger partial charge in [0.15, 0.2) is 10.8 Å².